The highest BCUT2D eigenvalue weighted by molar-refractivity contribution is 8.00. The zero-order chi connectivity index (χ0) is 15.5. The Bertz CT molecular complexity index is 783. The molecule has 0 spiro atoms. The van der Waals surface area contributed by atoms with E-state index in [2.05, 4.69) is 51.4 Å². The standard InChI is InChI=1S/C15H15N5S2/c1-9-3-5-11(6-4-9)8-21-15-20-19-14(22-15)12-7-17-10(2)18-13(12)16/h3-7H,8H2,1-2H3,(H2,16,17,18). The summed E-state index contributed by atoms with van der Waals surface area (Å²) in [6.45, 7) is 3.89. The Labute approximate surface area is 137 Å². The number of nitrogens with two attached hydrogens (primary N) is 1. The van der Waals surface area contributed by atoms with Crippen LogP contribution >= 0.6 is 23.1 Å². The van der Waals surface area contributed by atoms with Crippen LogP contribution in [0.5, 0.6) is 0 Å². The van der Waals surface area contributed by atoms with Crippen molar-refractivity contribution in [3.8, 4) is 10.6 Å². The van der Waals surface area contributed by atoms with Gasteiger partial charge in [-0.15, -0.1) is 10.2 Å². The molecule has 1 aromatic carbocycles. The lowest BCUT2D eigenvalue weighted by Gasteiger charge is -2.00. The minimum absolute atomic E-state index is 0.443. The van der Waals surface area contributed by atoms with Gasteiger partial charge >= 0.3 is 0 Å². The molecular weight excluding hydrogens is 314 g/mol. The van der Waals surface area contributed by atoms with Crippen molar-refractivity contribution < 1.29 is 0 Å². The molecule has 0 fully saturated rings. The number of hydrogen-bond acceptors (Lipinski definition) is 7. The number of aryl methyl sites for hydroxylation is 2. The van der Waals surface area contributed by atoms with Gasteiger partial charge in [0, 0.05) is 11.9 Å². The molecule has 0 bridgehead atoms. The molecule has 0 atom stereocenters. The van der Waals surface area contributed by atoms with Crippen molar-refractivity contribution in [3.05, 3.63) is 47.4 Å². The zero-order valence-electron chi connectivity index (χ0n) is 12.3. The van der Waals surface area contributed by atoms with Crippen LogP contribution in [-0.4, -0.2) is 20.2 Å². The lowest BCUT2D eigenvalue weighted by atomic mass is 10.2. The third-order valence-electron chi connectivity index (χ3n) is 3.06. The van der Waals surface area contributed by atoms with Gasteiger partial charge in [0.05, 0.1) is 5.56 Å². The first-order chi connectivity index (χ1) is 10.6. The predicted molar refractivity (Wildman–Crippen MR) is 90.8 cm³/mol. The topological polar surface area (TPSA) is 77.6 Å². The molecule has 112 valence electrons. The number of anilines is 1. The second-order valence-corrected chi connectivity index (χ2v) is 7.06. The summed E-state index contributed by atoms with van der Waals surface area (Å²) in [6, 6.07) is 8.50. The van der Waals surface area contributed by atoms with Crippen LogP contribution < -0.4 is 5.73 Å². The number of hydrogen-bond donors (Lipinski definition) is 1. The summed E-state index contributed by atoms with van der Waals surface area (Å²) in [7, 11) is 0. The van der Waals surface area contributed by atoms with E-state index in [1.807, 2.05) is 6.92 Å². The molecule has 3 rings (SSSR count). The third-order valence-corrected chi connectivity index (χ3v) is 5.22. The Morgan fingerprint density at radius 3 is 2.64 bits per heavy atom. The monoisotopic (exact) mass is 329 g/mol. The van der Waals surface area contributed by atoms with Gasteiger partial charge < -0.3 is 5.73 Å². The summed E-state index contributed by atoms with van der Waals surface area (Å²) in [5.41, 5.74) is 9.20. The first kappa shape index (κ1) is 14.9. The van der Waals surface area contributed by atoms with Crippen LogP contribution in [0.2, 0.25) is 0 Å². The van der Waals surface area contributed by atoms with Gasteiger partial charge in [0.2, 0.25) is 0 Å². The Balaban J connectivity index is 1.72. The molecular formula is C15H15N5S2. The first-order valence-corrected chi connectivity index (χ1v) is 8.53. The highest BCUT2D eigenvalue weighted by Crippen LogP contribution is 2.32. The van der Waals surface area contributed by atoms with Gasteiger partial charge in [-0.2, -0.15) is 0 Å². The SMILES string of the molecule is Cc1ccc(CSc2nnc(-c3cnc(C)nc3N)s2)cc1. The highest BCUT2D eigenvalue weighted by Gasteiger charge is 2.12. The third kappa shape index (κ3) is 3.42. The zero-order valence-corrected chi connectivity index (χ0v) is 13.9. The largest absolute Gasteiger partial charge is 0.383 e. The second-order valence-electron chi connectivity index (χ2n) is 4.86. The van der Waals surface area contributed by atoms with Crippen molar-refractivity contribution in [1.82, 2.24) is 20.2 Å². The van der Waals surface area contributed by atoms with Crippen LogP contribution in [0.1, 0.15) is 17.0 Å². The van der Waals surface area contributed by atoms with Crippen molar-refractivity contribution in [3.63, 3.8) is 0 Å². The second kappa shape index (κ2) is 6.41. The lowest BCUT2D eigenvalue weighted by molar-refractivity contribution is 1.01. The summed E-state index contributed by atoms with van der Waals surface area (Å²) in [6.07, 6.45) is 1.70. The Morgan fingerprint density at radius 1 is 1.14 bits per heavy atom. The van der Waals surface area contributed by atoms with Crippen LogP contribution in [-0.2, 0) is 5.75 Å². The quantitative estimate of drug-likeness (QED) is 0.738. The van der Waals surface area contributed by atoms with Crippen molar-refractivity contribution in [2.24, 2.45) is 0 Å². The van der Waals surface area contributed by atoms with Crippen molar-refractivity contribution >= 4 is 28.9 Å². The van der Waals surface area contributed by atoms with E-state index in [-0.39, 0.29) is 0 Å². The maximum absolute atomic E-state index is 5.92. The van der Waals surface area contributed by atoms with E-state index in [0.717, 1.165) is 20.7 Å². The van der Waals surface area contributed by atoms with Crippen LogP contribution in [0, 0.1) is 13.8 Å². The van der Waals surface area contributed by atoms with Gasteiger partial charge in [-0.05, 0) is 19.4 Å². The minimum Gasteiger partial charge on any atom is -0.383 e. The molecule has 3 aromatic rings. The maximum atomic E-state index is 5.92. The molecule has 0 saturated heterocycles. The summed E-state index contributed by atoms with van der Waals surface area (Å²) in [4.78, 5) is 8.33. The molecule has 0 saturated carbocycles. The van der Waals surface area contributed by atoms with E-state index in [9.17, 15) is 0 Å². The summed E-state index contributed by atoms with van der Waals surface area (Å²) in [5.74, 6) is 1.97. The summed E-state index contributed by atoms with van der Waals surface area (Å²) in [5, 5.41) is 9.15. The Kier molecular flexibility index (Phi) is 4.35. The molecule has 0 unspecified atom stereocenters. The van der Waals surface area contributed by atoms with E-state index >= 15 is 0 Å². The van der Waals surface area contributed by atoms with Gasteiger partial charge in [0.15, 0.2) is 9.35 Å². The fraction of sp³-hybridized carbons (Fsp3) is 0.200. The molecule has 0 radical (unpaired) electrons. The molecule has 7 heteroatoms. The minimum atomic E-state index is 0.443. The summed E-state index contributed by atoms with van der Waals surface area (Å²) < 4.78 is 0.913. The number of benzene rings is 1. The van der Waals surface area contributed by atoms with E-state index in [4.69, 9.17) is 5.73 Å². The molecule has 5 nitrogen and oxygen atoms in total. The molecule has 22 heavy (non-hydrogen) atoms. The number of nitrogen functional groups attached to an aromatic ring is 1. The van der Waals surface area contributed by atoms with E-state index in [0.29, 0.717) is 11.6 Å². The average Bonchev–Trinajstić information content (AvgIpc) is 2.95. The van der Waals surface area contributed by atoms with Gasteiger partial charge in [-0.1, -0.05) is 52.9 Å². The van der Waals surface area contributed by atoms with Gasteiger partial charge in [-0.25, -0.2) is 9.97 Å². The van der Waals surface area contributed by atoms with E-state index in [1.165, 1.54) is 22.5 Å². The number of nitrogens with zero attached hydrogens (tertiary/aromatic N) is 4. The normalized spacial score (nSPS) is 10.8. The Hall–Kier alpha value is -1.99. The average molecular weight is 329 g/mol. The van der Waals surface area contributed by atoms with Crippen LogP contribution in [0.3, 0.4) is 0 Å². The van der Waals surface area contributed by atoms with Crippen LogP contribution in [0.15, 0.2) is 34.8 Å². The van der Waals surface area contributed by atoms with Gasteiger partial charge in [0.25, 0.3) is 0 Å². The Morgan fingerprint density at radius 2 is 1.91 bits per heavy atom. The van der Waals surface area contributed by atoms with Crippen molar-refractivity contribution in [1.29, 1.82) is 0 Å². The number of thioether (sulfide) groups is 1. The number of rotatable bonds is 4. The van der Waals surface area contributed by atoms with E-state index in [1.54, 1.807) is 18.0 Å². The van der Waals surface area contributed by atoms with Gasteiger partial charge in [-0.3, -0.25) is 0 Å². The first-order valence-electron chi connectivity index (χ1n) is 6.73. The molecule has 0 aliphatic heterocycles. The predicted octanol–water partition coefficient (Wildman–Crippen LogP) is 3.49. The van der Waals surface area contributed by atoms with E-state index < -0.39 is 0 Å². The molecule has 2 heterocycles. The molecule has 2 aromatic heterocycles. The van der Waals surface area contributed by atoms with Crippen molar-refractivity contribution in [2.75, 3.05) is 5.73 Å². The number of aromatic nitrogens is 4. The van der Waals surface area contributed by atoms with Crippen molar-refractivity contribution in [2.45, 2.75) is 23.9 Å². The fourth-order valence-corrected chi connectivity index (χ4v) is 3.68. The van der Waals surface area contributed by atoms with Gasteiger partial charge in [0.1, 0.15) is 11.6 Å². The molecule has 0 amide bonds. The lowest BCUT2D eigenvalue weighted by Crippen LogP contribution is -1.97. The highest BCUT2D eigenvalue weighted by atomic mass is 32.2. The van der Waals surface area contributed by atoms with Crippen LogP contribution in [0.4, 0.5) is 5.82 Å². The maximum Gasteiger partial charge on any atom is 0.174 e. The molecule has 0 aliphatic rings. The molecule has 0 aliphatic carbocycles. The smallest absolute Gasteiger partial charge is 0.174 e. The molecule has 2 N–H and O–H groups in total. The summed E-state index contributed by atoms with van der Waals surface area (Å²) >= 11 is 3.18. The van der Waals surface area contributed by atoms with Crippen LogP contribution in [0.25, 0.3) is 10.6 Å². The fourth-order valence-electron chi connectivity index (χ4n) is 1.86.